The van der Waals surface area contributed by atoms with E-state index in [2.05, 4.69) is 36.1 Å². The lowest BCUT2D eigenvalue weighted by Crippen LogP contribution is -2.25. The number of allylic oxidation sites excluding steroid dienone is 1. The summed E-state index contributed by atoms with van der Waals surface area (Å²) in [5.74, 6) is 1.13. The molecule has 1 aromatic heterocycles. The van der Waals surface area contributed by atoms with Crippen LogP contribution in [0.1, 0.15) is 42.9 Å². The Labute approximate surface area is 211 Å². The Morgan fingerprint density at radius 3 is 2.26 bits per heavy atom. The van der Waals surface area contributed by atoms with Gasteiger partial charge in [-0.1, -0.05) is 37.3 Å². The summed E-state index contributed by atoms with van der Waals surface area (Å²) in [6.45, 7) is 6.20. The van der Waals surface area contributed by atoms with E-state index in [1.165, 1.54) is 31.5 Å². The maximum atomic E-state index is 9.88. The SMILES string of the molecule is CCC(=C(c1ccc(O)cc1)c1ccc(OCCN2CCCC2)cc1)c1ccc2oc(Cl)cc2c1. The van der Waals surface area contributed by atoms with Gasteiger partial charge in [0, 0.05) is 18.0 Å². The van der Waals surface area contributed by atoms with E-state index in [0.717, 1.165) is 51.9 Å². The predicted octanol–water partition coefficient (Wildman–Crippen LogP) is 7.64. The van der Waals surface area contributed by atoms with Crippen LogP contribution in [0.3, 0.4) is 0 Å². The van der Waals surface area contributed by atoms with Crippen molar-refractivity contribution in [1.82, 2.24) is 4.90 Å². The summed E-state index contributed by atoms with van der Waals surface area (Å²) in [5, 5.41) is 11.2. The highest BCUT2D eigenvalue weighted by Gasteiger charge is 2.15. The van der Waals surface area contributed by atoms with Gasteiger partial charge in [-0.25, -0.2) is 0 Å². The van der Waals surface area contributed by atoms with E-state index in [1.54, 1.807) is 12.1 Å². The molecule has 1 aliphatic rings. The van der Waals surface area contributed by atoms with Crippen LogP contribution in [0.2, 0.25) is 5.22 Å². The number of hydrogen-bond acceptors (Lipinski definition) is 4. The van der Waals surface area contributed by atoms with Gasteiger partial charge in [0.15, 0.2) is 5.22 Å². The first-order valence-electron chi connectivity index (χ1n) is 12.3. The molecular weight excluding hydrogens is 458 g/mol. The van der Waals surface area contributed by atoms with Crippen molar-refractivity contribution in [3.8, 4) is 11.5 Å². The molecule has 180 valence electrons. The average molecular weight is 488 g/mol. The number of nitrogens with zero attached hydrogens (tertiary/aromatic N) is 1. The molecule has 2 heterocycles. The zero-order chi connectivity index (χ0) is 24.2. The molecule has 3 aromatic carbocycles. The lowest BCUT2D eigenvalue weighted by Gasteiger charge is -2.18. The molecule has 0 saturated carbocycles. The van der Waals surface area contributed by atoms with Crippen molar-refractivity contribution in [3.05, 3.63) is 94.7 Å². The molecule has 4 aromatic rings. The minimum absolute atomic E-state index is 0.252. The van der Waals surface area contributed by atoms with Gasteiger partial charge >= 0.3 is 0 Å². The third-order valence-electron chi connectivity index (χ3n) is 6.66. The number of phenols is 1. The third kappa shape index (κ3) is 5.39. The van der Waals surface area contributed by atoms with Gasteiger partial charge in [0.05, 0.1) is 0 Å². The van der Waals surface area contributed by atoms with Crippen molar-refractivity contribution < 1.29 is 14.3 Å². The highest BCUT2D eigenvalue weighted by Crippen LogP contribution is 2.37. The number of ether oxygens (including phenoxy) is 1. The predicted molar refractivity (Wildman–Crippen MR) is 143 cm³/mol. The first-order valence-corrected chi connectivity index (χ1v) is 12.7. The van der Waals surface area contributed by atoms with Gasteiger partial charge in [-0.15, -0.1) is 0 Å². The minimum atomic E-state index is 0.252. The third-order valence-corrected chi connectivity index (χ3v) is 6.85. The van der Waals surface area contributed by atoms with Gasteiger partial charge in [-0.3, -0.25) is 4.90 Å². The van der Waals surface area contributed by atoms with Crippen LogP contribution in [0.15, 0.2) is 77.2 Å². The Balaban J connectivity index is 1.49. The molecule has 1 saturated heterocycles. The molecule has 0 spiro atoms. The topological polar surface area (TPSA) is 45.8 Å². The number of benzene rings is 3. The minimum Gasteiger partial charge on any atom is -0.508 e. The van der Waals surface area contributed by atoms with E-state index in [4.69, 9.17) is 20.8 Å². The second-order valence-electron chi connectivity index (χ2n) is 8.98. The van der Waals surface area contributed by atoms with Crippen molar-refractivity contribution in [2.75, 3.05) is 26.2 Å². The molecule has 0 atom stereocenters. The highest BCUT2D eigenvalue weighted by molar-refractivity contribution is 6.29. The van der Waals surface area contributed by atoms with Crippen molar-refractivity contribution in [2.45, 2.75) is 26.2 Å². The fraction of sp³-hybridized carbons (Fsp3) is 0.267. The maximum Gasteiger partial charge on any atom is 0.194 e. The normalized spacial score (nSPS) is 14.9. The maximum absolute atomic E-state index is 9.88. The molecule has 35 heavy (non-hydrogen) atoms. The zero-order valence-corrected chi connectivity index (χ0v) is 20.7. The Kier molecular flexibility index (Phi) is 7.12. The molecule has 5 heteroatoms. The van der Waals surface area contributed by atoms with Crippen LogP contribution in [0.5, 0.6) is 11.5 Å². The van der Waals surface area contributed by atoms with Gasteiger partial charge in [0.2, 0.25) is 0 Å². The lowest BCUT2D eigenvalue weighted by atomic mass is 9.88. The molecule has 0 amide bonds. The van der Waals surface area contributed by atoms with Gasteiger partial charge in [-0.05, 0) is 108 Å². The van der Waals surface area contributed by atoms with Crippen molar-refractivity contribution in [1.29, 1.82) is 0 Å². The standard InChI is InChI=1S/C30H30ClNO3/c1-2-27(23-9-14-28-24(19-23)20-29(31)35-28)30(21-5-10-25(33)11-6-21)22-7-12-26(13-8-22)34-18-17-32-15-3-4-16-32/h5-14,19-20,33H,2-4,15-18H2,1H3. The first kappa shape index (κ1) is 23.5. The summed E-state index contributed by atoms with van der Waals surface area (Å²) in [5.41, 5.74) is 6.38. The number of hydrogen-bond donors (Lipinski definition) is 1. The van der Waals surface area contributed by atoms with Crippen LogP contribution < -0.4 is 4.74 Å². The molecule has 0 bridgehead atoms. The summed E-state index contributed by atoms with van der Waals surface area (Å²) in [4.78, 5) is 2.46. The van der Waals surface area contributed by atoms with E-state index in [9.17, 15) is 5.11 Å². The Hall–Kier alpha value is -3.21. The highest BCUT2D eigenvalue weighted by atomic mass is 35.5. The molecule has 0 radical (unpaired) electrons. The fourth-order valence-corrected chi connectivity index (χ4v) is 5.08. The average Bonchev–Trinajstić information content (AvgIpc) is 3.52. The van der Waals surface area contributed by atoms with Crippen LogP contribution in [0.25, 0.3) is 22.1 Å². The lowest BCUT2D eigenvalue weighted by molar-refractivity contribution is 0.238. The van der Waals surface area contributed by atoms with Gasteiger partial charge in [0.1, 0.15) is 23.7 Å². The van der Waals surface area contributed by atoms with Crippen molar-refractivity contribution in [2.24, 2.45) is 0 Å². The van der Waals surface area contributed by atoms with E-state index in [1.807, 2.05) is 36.4 Å². The fourth-order valence-electron chi connectivity index (χ4n) is 4.88. The second-order valence-corrected chi connectivity index (χ2v) is 9.35. The largest absolute Gasteiger partial charge is 0.508 e. The summed E-state index contributed by atoms with van der Waals surface area (Å²) in [6.07, 6.45) is 3.42. The number of likely N-dealkylation sites (tertiary alicyclic amines) is 1. The first-order chi connectivity index (χ1) is 17.1. The number of phenolic OH excluding ortho intramolecular Hbond substituents is 1. The number of rotatable bonds is 8. The van der Waals surface area contributed by atoms with Crippen LogP contribution in [-0.2, 0) is 0 Å². The van der Waals surface area contributed by atoms with Crippen LogP contribution in [0, 0.1) is 0 Å². The van der Waals surface area contributed by atoms with Crippen LogP contribution in [-0.4, -0.2) is 36.2 Å². The van der Waals surface area contributed by atoms with Crippen LogP contribution >= 0.6 is 11.6 Å². The van der Waals surface area contributed by atoms with Crippen molar-refractivity contribution in [3.63, 3.8) is 0 Å². The molecule has 1 aliphatic heterocycles. The molecule has 0 unspecified atom stereocenters. The molecule has 5 rings (SSSR count). The Morgan fingerprint density at radius 1 is 0.914 bits per heavy atom. The monoisotopic (exact) mass is 487 g/mol. The summed E-state index contributed by atoms with van der Waals surface area (Å²) in [6, 6.07) is 23.8. The summed E-state index contributed by atoms with van der Waals surface area (Å²) < 4.78 is 11.6. The number of fused-ring (bicyclic) bond motifs is 1. The van der Waals surface area contributed by atoms with E-state index in [-0.39, 0.29) is 5.75 Å². The van der Waals surface area contributed by atoms with Gasteiger partial charge in [0.25, 0.3) is 0 Å². The van der Waals surface area contributed by atoms with E-state index >= 15 is 0 Å². The van der Waals surface area contributed by atoms with E-state index < -0.39 is 0 Å². The number of furan rings is 1. The zero-order valence-electron chi connectivity index (χ0n) is 20.0. The smallest absolute Gasteiger partial charge is 0.194 e. The number of aromatic hydroxyl groups is 1. The summed E-state index contributed by atoms with van der Waals surface area (Å²) >= 11 is 6.09. The molecule has 4 nitrogen and oxygen atoms in total. The van der Waals surface area contributed by atoms with Gasteiger partial charge in [-0.2, -0.15) is 0 Å². The molecule has 1 N–H and O–H groups in total. The Bertz CT molecular complexity index is 1320. The van der Waals surface area contributed by atoms with E-state index in [0.29, 0.717) is 11.8 Å². The van der Waals surface area contributed by atoms with Crippen LogP contribution in [0.4, 0.5) is 0 Å². The van der Waals surface area contributed by atoms with Crippen molar-refractivity contribution >= 4 is 33.7 Å². The quantitative estimate of drug-likeness (QED) is 0.259. The van der Waals surface area contributed by atoms with Gasteiger partial charge < -0.3 is 14.3 Å². The Morgan fingerprint density at radius 2 is 1.57 bits per heavy atom. The molecule has 0 aliphatic carbocycles. The molecule has 1 fully saturated rings. The number of halogens is 1. The molecular formula is C30H30ClNO3. The summed E-state index contributed by atoms with van der Waals surface area (Å²) in [7, 11) is 0. The second kappa shape index (κ2) is 10.6.